The number of aromatic nitrogens is 1. The molecule has 1 heterocycles. The van der Waals surface area contributed by atoms with Crippen molar-refractivity contribution >= 4 is 28.3 Å². The third-order valence-corrected chi connectivity index (χ3v) is 4.27. The van der Waals surface area contributed by atoms with Crippen LogP contribution in [0.25, 0.3) is 0 Å². The van der Waals surface area contributed by atoms with Crippen LogP contribution in [0.15, 0.2) is 24.3 Å². The summed E-state index contributed by atoms with van der Waals surface area (Å²) in [4.78, 5) is 30.6. The second kappa shape index (κ2) is 7.92. The summed E-state index contributed by atoms with van der Waals surface area (Å²) >= 11 is 1.17. The third-order valence-electron chi connectivity index (χ3n) is 3.21. The first kappa shape index (κ1) is 17.9. The zero-order valence-electron chi connectivity index (χ0n) is 14.3. The maximum absolute atomic E-state index is 12.3. The Kier molecular flexibility index (Phi) is 5.92. The van der Waals surface area contributed by atoms with Crippen LogP contribution in [-0.4, -0.2) is 42.4 Å². The monoisotopic (exact) mass is 347 g/mol. The van der Waals surface area contributed by atoms with Gasteiger partial charge in [-0.1, -0.05) is 18.3 Å². The van der Waals surface area contributed by atoms with Crippen LogP contribution in [0.1, 0.15) is 39.1 Å². The number of carbonyl (C=O) groups is 2. The van der Waals surface area contributed by atoms with Gasteiger partial charge < -0.3 is 9.64 Å². The van der Waals surface area contributed by atoms with Crippen molar-refractivity contribution in [2.45, 2.75) is 20.3 Å². The van der Waals surface area contributed by atoms with Crippen molar-refractivity contribution < 1.29 is 14.3 Å². The van der Waals surface area contributed by atoms with E-state index in [0.29, 0.717) is 27.9 Å². The molecule has 2 amide bonds. The van der Waals surface area contributed by atoms with Crippen molar-refractivity contribution in [3.8, 4) is 5.75 Å². The molecule has 0 aliphatic carbocycles. The summed E-state index contributed by atoms with van der Waals surface area (Å²) in [6, 6.07) is 6.93. The Morgan fingerprint density at radius 2 is 1.92 bits per heavy atom. The maximum Gasteiger partial charge on any atom is 0.265 e. The average molecular weight is 347 g/mol. The Hall–Kier alpha value is -2.41. The van der Waals surface area contributed by atoms with Crippen molar-refractivity contribution in [1.29, 1.82) is 0 Å². The number of carbonyl (C=O) groups excluding carboxylic acids is 2. The summed E-state index contributed by atoms with van der Waals surface area (Å²) < 4.78 is 5.49. The van der Waals surface area contributed by atoms with E-state index in [1.165, 1.54) is 16.2 Å². The van der Waals surface area contributed by atoms with Gasteiger partial charge in [-0.2, -0.15) is 0 Å². The Morgan fingerprint density at radius 3 is 2.50 bits per heavy atom. The van der Waals surface area contributed by atoms with Gasteiger partial charge >= 0.3 is 0 Å². The molecule has 2 rings (SSSR count). The van der Waals surface area contributed by atoms with E-state index >= 15 is 0 Å². The van der Waals surface area contributed by atoms with Gasteiger partial charge in [0.05, 0.1) is 12.3 Å². The van der Waals surface area contributed by atoms with E-state index < -0.39 is 0 Å². The summed E-state index contributed by atoms with van der Waals surface area (Å²) in [6.07, 6.45) is 0.930. The molecule has 0 saturated heterocycles. The van der Waals surface area contributed by atoms with Gasteiger partial charge in [-0.25, -0.2) is 4.98 Å². The molecule has 6 nitrogen and oxygen atoms in total. The lowest BCUT2D eigenvalue weighted by Crippen LogP contribution is -2.21. The number of thiazole rings is 1. The summed E-state index contributed by atoms with van der Waals surface area (Å²) in [7, 11) is 3.36. The van der Waals surface area contributed by atoms with E-state index in [4.69, 9.17) is 4.74 Å². The quantitative estimate of drug-likeness (QED) is 0.871. The molecule has 0 saturated carbocycles. The van der Waals surface area contributed by atoms with Crippen molar-refractivity contribution in [2.75, 3.05) is 26.0 Å². The Morgan fingerprint density at radius 1 is 1.25 bits per heavy atom. The Labute approximate surface area is 145 Å². The van der Waals surface area contributed by atoms with Crippen LogP contribution >= 0.6 is 11.3 Å². The van der Waals surface area contributed by atoms with Crippen LogP contribution in [0.3, 0.4) is 0 Å². The van der Waals surface area contributed by atoms with Crippen LogP contribution in [0.5, 0.6) is 5.75 Å². The topological polar surface area (TPSA) is 71.5 Å². The first-order valence-electron chi connectivity index (χ1n) is 7.65. The molecular formula is C17H21N3O3S. The van der Waals surface area contributed by atoms with Gasteiger partial charge in [0, 0.05) is 19.7 Å². The highest BCUT2D eigenvalue weighted by molar-refractivity contribution is 7.17. The molecule has 128 valence electrons. The first-order chi connectivity index (χ1) is 11.4. The minimum Gasteiger partial charge on any atom is -0.494 e. The fourth-order valence-corrected chi connectivity index (χ4v) is 2.93. The largest absolute Gasteiger partial charge is 0.494 e. The smallest absolute Gasteiger partial charge is 0.265 e. The molecule has 2 aromatic rings. The molecule has 1 N–H and O–H groups in total. The number of hydrogen-bond acceptors (Lipinski definition) is 5. The molecule has 0 unspecified atom stereocenters. The number of ether oxygens (including phenoxy) is 1. The average Bonchev–Trinajstić information content (AvgIpc) is 2.92. The zero-order valence-corrected chi connectivity index (χ0v) is 15.1. The number of aryl methyl sites for hydroxylation is 1. The molecule has 0 bridgehead atoms. The van der Waals surface area contributed by atoms with E-state index in [1.807, 2.05) is 6.92 Å². The molecule has 7 heteroatoms. The first-order valence-corrected chi connectivity index (χ1v) is 8.47. The van der Waals surface area contributed by atoms with E-state index in [9.17, 15) is 9.59 Å². The molecular weight excluding hydrogens is 326 g/mol. The van der Waals surface area contributed by atoms with Gasteiger partial charge in [0.15, 0.2) is 5.13 Å². The summed E-state index contributed by atoms with van der Waals surface area (Å²) in [5, 5.41) is 3.14. The van der Waals surface area contributed by atoms with E-state index in [0.717, 1.165) is 12.2 Å². The molecule has 24 heavy (non-hydrogen) atoms. The van der Waals surface area contributed by atoms with Gasteiger partial charge in [0.1, 0.15) is 10.6 Å². The number of anilines is 1. The van der Waals surface area contributed by atoms with E-state index in [2.05, 4.69) is 10.3 Å². The SMILES string of the molecule is CCCOc1ccc(C(=O)Nc2nc(C)c(C(=O)N(C)C)s2)cc1. The second-order valence-electron chi connectivity index (χ2n) is 5.46. The number of amides is 2. The molecule has 0 spiro atoms. The van der Waals surface area contributed by atoms with Gasteiger partial charge in [-0.05, 0) is 37.6 Å². The molecule has 0 aliphatic rings. The Balaban J connectivity index is 2.07. The van der Waals surface area contributed by atoms with Crippen LogP contribution in [-0.2, 0) is 0 Å². The summed E-state index contributed by atoms with van der Waals surface area (Å²) in [6.45, 7) is 4.43. The zero-order chi connectivity index (χ0) is 17.7. The van der Waals surface area contributed by atoms with Gasteiger partial charge in [-0.15, -0.1) is 0 Å². The summed E-state index contributed by atoms with van der Waals surface area (Å²) in [5.41, 5.74) is 1.12. The minimum atomic E-state index is -0.269. The highest BCUT2D eigenvalue weighted by Gasteiger charge is 2.18. The van der Waals surface area contributed by atoms with Crippen molar-refractivity contribution in [3.63, 3.8) is 0 Å². The number of hydrogen-bond donors (Lipinski definition) is 1. The van der Waals surface area contributed by atoms with Gasteiger partial charge in [-0.3, -0.25) is 14.9 Å². The normalized spacial score (nSPS) is 10.3. The van der Waals surface area contributed by atoms with E-state index in [1.54, 1.807) is 45.3 Å². The standard InChI is InChI=1S/C17H21N3O3S/c1-5-10-23-13-8-6-12(7-9-13)15(21)19-17-18-11(2)14(24-17)16(22)20(3)4/h6-9H,5,10H2,1-4H3,(H,18,19,21). The lowest BCUT2D eigenvalue weighted by molar-refractivity contribution is 0.0831. The third kappa shape index (κ3) is 4.32. The van der Waals surface area contributed by atoms with Crippen molar-refractivity contribution in [3.05, 3.63) is 40.4 Å². The molecule has 0 radical (unpaired) electrons. The van der Waals surface area contributed by atoms with Crippen molar-refractivity contribution in [2.24, 2.45) is 0 Å². The molecule has 1 aromatic carbocycles. The highest BCUT2D eigenvalue weighted by atomic mass is 32.1. The van der Waals surface area contributed by atoms with Crippen molar-refractivity contribution in [1.82, 2.24) is 9.88 Å². The predicted octanol–water partition coefficient (Wildman–Crippen LogP) is 3.19. The lowest BCUT2D eigenvalue weighted by atomic mass is 10.2. The fraction of sp³-hybridized carbons (Fsp3) is 0.353. The van der Waals surface area contributed by atoms with Crippen LogP contribution in [0.4, 0.5) is 5.13 Å². The van der Waals surface area contributed by atoms with E-state index in [-0.39, 0.29) is 11.8 Å². The fourth-order valence-electron chi connectivity index (χ4n) is 1.94. The van der Waals surface area contributed by atoms with Crippen LogP contribution in [0, 0.1) is 6.92 Å². The number of rotatable bonds is 6. The van der Waals surface area contributed by atoms with Crippen LogP contribution < -0.4 is 10.1 Å². The minimum absolute atomic E-state index is 0.122. The maximum atomic E-state index is 12.3. The summed E-state index contributed by atoms with van der Waals surface area (Å²) in [5.74, 6) is 0.343. The van der Waals surface area contributed by atoms with Gasteiger partial charge in [0.2, 0.25) is 0 Å². The number of nitrogens with zero attached hydrogens (tertiary/aromatic N) is 2. The second-order valence-corrected chi connectivity index (χ2v) is 6.46. The number of benzene rings is 1. The molecule has 0 fully saturated rings. The number of nitrogens with one attached hydrogen (secondary N) is 1. The lowest BCUT2D eigenvalue weighted by Gasteiger charge is -2.07. The predicted molar refractivity (Wildman–Crippen MR) is 95.0 cm³/mol. The molecule has 1 aromatic heterocycles. The Bertz CT molecular complexity index is 723. The molecule has 0 atom stereocenters. The van der Waals surface area contributed by atoms with Crippen LogP contribution in [0.2, 0.25) is 0 Å². The molecule has 0 aliphatic heterocycles. The highest BCUT2D eigenvalue weighted by Crippen LogP contribution is 2.24. The van der Waals surface area contributed by atoms with Gasteiger partial charge in [0.25, 0.3) is 11.8 Å².